The number of likely N-dealkylation sites (tertiary alicyclic amines) is 2. The van der Waals surface area contributed by atoms with Crippen molar-refractivity contribution in [1.29, 1.82) is 0 Å². The largest absolute Gasteiger partial charge is 0.493 e. The van der Waals surface area contributed by atoms with Gasteiger partial charge in [0, 0.05) is 55.5 Å². The van der Waals surface area contributed by atoms with Gasteiger partial charge >= 0.3 is 18.3 Å². The predicted octanol–water partition coefficient (Wildman–Crippen LogP) is 14.6. The van der Waals surface area contributed by atoms with E-state index in [1.54, 1.807) is 67.1 Å². The van der Waals surface area contributed by atoms with Gasteiger partial charge in [0.25, 0.3) is 11.8 Å². The number of alkyl carbamates (subject to hydrolysis) is 1. The van der Waals surface area contributed by atoms with Crippen molar-refractivity contribution < 1.29 is 75.6 Å². The molecule has 4 atom stereocenters. The van der Waals surface area contributed by atoms with E-state index in [0.29, 0.717) is 30.7 Å². The number of carbonyl (C=O) groups excluding carboxylic acids is 7. The van der Waals surface area contributed by atoms with Gasteiger partial charge in [0.15, 0.2) is 45.7 Å². The standard InChI is InChI=1S/C78H103N7O16Si2/c1-20-34-97-75(91)82-68(48(2)3)71(87)79-51(6)70(86)80-53-32-30-52(31-33-53)45-98-74(90)81-62-41-66(64(93-14)39-60(62)72(88)84-43-49(4)37-54(84)46-99-102(16,17)77(7,8)9)95-35-25-36-96-67-42-63(83(13)76(92)101-69-58-28-23-21-26-56(58)57-27-22-24-29-59(57)69)61(40-65(67)94-15)73(89)85-44-50(5)38-55(85)47-100-103(18,19)78(10,11)12/h20-24,26-33,39-42,48,51,54-55,68-69H,1,4-5,25,34-38,43-47H2,2-3,6-19H3,(H,79,87)(H,80,86)(H,81,90)(H,82,91)/t51-,54-,55-,68-/m0/s1. The third kappa shape index (κ3) is 19.5. The van der Waals surface area contributed by atoms with Gasteiger partial charge in [-0.2, -0.15) is 0 Å². The highest BCUT2D eigenvalue weighted by atomic mass is 28.4. The fraction of sp³-hybridized carbons (Fsp3) is 0.449. The van der Waals surface area contributed by atoms with Gasteiger partial charge in [-0.1, -0.05) is 153 Å². The zero-order chi connectivity index (χ0) is 75.5. The van der Waals surface area contributed by atoms with E-state index in [-0.39, 0.29) is 132 Å². The van der Waals surface area contributed by atoms with E-state index in [1.165, 1.54) is 44.3 Å². The number of ether oxygens (including phenoxy) is 7. The van der Waals surface area contributed by atoms with Crippen LogP contribution in [-0.2, 0) is 39.3 Å². The molecule has 23 nitrogen and oxygen atoms in total. The molecule has 2 fully saturated rings. The average molecular weight is 1450 g/mol. The number of hydrogen-bond acceptors (Lipinski definition) is 16. The Hall–Kier alpha value is -9.44. The fourth-order valence-corrected chi connectivity index (χ4v) is 13.7. The van der Waals surface area contributed by atoms with E-state index >= 15 is 9.59 Å². The maximum Gasteiger partial charge on any atom is 0.414 e. The molecule has 7 amide bonds. The van der Waals surface area contributed by atoms with Crippen molar-refractivity contribution in [3.8, 4) is 34.1 Å². The summed E-state index contributed by atoms with van der Waals surface area (Å²) in [6.45, 7) is 39.6. The molecule has 5 aromatic rings. The summed E-state index contributed by atoms with van der Waals surface area (Å²) in [7, 11) is -0.00672. The van der Waals surface area contributed by atoms with Crippen LogP contribution in [0.5, 0.6) is 23.0 Å². The molecule has 1 aliphatic carbocycles. The summed E-state index contributed by atoms with van der Waals surface area (Å²) in [6, 6.07) is 25.7. The molecule has 2 aliphatic heterocycles. The van der Waals surface area contributed by atoms with E-state index < -0.39 is 70.8 Å². The molecule has 0 saturated carbocycles. The summed E-state index contributed by atoms with van der Waals surface area (Å²) in [4.78, 5) is 102. The van der Waals surface area contributed by atoms with Gasteiger partial charge in [-0.3, -0.25) is 29.4 Å². The molecular formula is C78H103N7O16Si2. The van der Waals surface area contributed by atoms with Gasteiger partial charge in [-0.25, -0.2) is 14.4 Å². The average Bonchev–Trinajstić information content (AvgIpc) is 1.66. The summed E-state index contributed by atoms with van der Waals surface area (Å²) in [5.74, 6) is -1.38. The van der Waals surface area contributed by atoms with Crippen LogP contribution in [0.2, 0.25) is 36.3 Å². The minimum Gasteiger partial charge on any atom is -0.493 e. The van der Waals surface area contributed by atoms with E-state index in [2.05, 4.69) is 109 Å². The SMILES string of the molecule is C=CCOC(=O)N[C@H](C(=O)N[C@@H](C)C(=O)Nc1ccc(COC(=O)Nc2cc(OCCCOc3cc(N(C)C(=O)OC4c5ccccc5-c5ccccc54)c(C(=O)N4CC(=C)C[C@H]4CO[Si](C)(C)C(C)(C)C)cc3OC)c(OC)cc2C(=O)N2CC(=C)C[C@H]2CO[Si](C)(C)C(C)(C)C)cc1)C(C)C. The molecule has 554 valence electrons. The number of nitrogens with zero attached hydrogens (tertiary/aromatic N) is 3. The first-order valence-corrected chi connectivity index (χ1v) is 40.6. The number of nitrogens with one attached hydrogen (secondary N) is 4. The first-order chi connectivity index (χ1) is 48.6. The Morgan fingerprint density at radius 1 is 0.631 bits per heavy atom. The molecule has 2 heterocycles. The molecule has 5 aromatic carbocycles. The van der Waals surface area contributed by atoms with E-state index in [4.69, 9.17) is 42.0 Å². The van der Waals surface area contributed by atoms with Crippen LogP contribution in [0.1, 0.15) is 125 Å². The quantitative estimate of drug-likeness (QED) is 0.0150. The number of hydrogen-bond donors (Lipinski definition) is 4. The van der Waals surface area contributed by atoms with Crippen LogP contribution in [0.15, 0.2) is 134 Å². The molecular weight excluding hydrogens is 1350 g/mol. The van der Waals surface area contributed by atoms with Gasteiger partial charge in [-0.15, -0.1) is 0 Å². The van der Waals surface area contributed by atoms with Crippen LogP contribution < -0.4 is 45.1 Å². The second-order valence-corrected chi connectivity index (χ2v) is 39.3. The first kappa shape index (κ1) is 79.3. The maximum atomic E-state index is 15.2. The first-order valence-electron chi connectivity index (χ1n) is 34.8. The molecule has 8 rings (SSSR count). The Morgan fingerprint density at radius 2 is 1.14 bits per heavy atom. The van der Waals surface area contributed by atoms with Crippen molar-refractivity contribution in [2.75, 3.05) is 82.9 Å². The smallest absolute Gasteiger partial charge is 0.414 e. The summed E-state index contributed by atoms with van der Waals surface area (Å²) in [5, 5.41) is 10.6. The van der Waals surface area contributed by atoms with E-state index in [9.17, 15) is 24.0 Å². The highest BCUT2D eigenvalue weighted by Gasteiger charge is 2.43. The van der Waals surface area contributed by atoms with E-state index in [1.807, 2.05) is 48.5 Å². The number of benzene rings is 5. The monoisotopic (exact) mass is 1450 g/mol. The van der Waals surface area contributed by atoms with Gasteiger partial charge in [0.2, 0.25) is 11.8 Å². The Morgan fingerprint density at radius 3 is 1.64 bits per heavy atom. The summed E-state index contributed by atoms with van der Waals surface area (Å²) in [6.07, 6.45) is -0.412. The summed E-state index contributed by atoms with van der Waals surface area (Å²) in [5.41, 5.74) is 6.79. The van der Waals surface area contributed by atoms with Crippen LogP contribution in [0.3, 0.4) is 0 Å². The molecule has 2 saturated heterocycles. The third-order valence-electron chi connectivity index (χ3n) is 19.7. The molecule has 103 heavy (non-hydrogen) atoms. The topological polar surface area (TPSA) is 260 Å². The van der Waals surface area contributed by atoms with Crippen LogP contribution in [0.4, 0.5) is 31.4 Å². The lowest BCUT2D eigenvalue weighted by atomic mass is 10.0. The highest BCUT2D eigenvalue weighted by Crippen LogP contribution is 2.47. The Balaban J connectivity index is 1.00. The lowest BCUT2D eigenvalue weighted by Crippen LogP contribution is -2.53. The van der Waals surface area contributed by atoms with Crippen LogP contribution in [0, 0.1) is 5.92 Å². The normalized spacial score (nSPS) is 15.9. The summed E-state index contributed by atoms with van der Waals surface area (Å²) < 4.78 is 55.2. The zero-order valence-corrected chi connectivity index (χ0v) is 64.6. The van der Waals surface area contributed by atoms with Crippen molar-refractivity contribution in [3.63, 3.8) is 0 Å². The number of rotatable bonds is 29. The van der Waals surface area contributed by atoms with Crippen molar-refractivity contribution in [1.82, 2.24) is 20.4 Å². The van der Waals surface area contributed by atoms with Crippen molar-refractivity contribution >= 4 is 75.6 Å². The molecule has 0 aromatic heterocycles. The number of amides is 7. The van der Waals surface area contributed by atoms with Crippen LogP contribution in [-0.4, -0.2) is 160 Å². The summed E-state index contributed by atoms with van der Waals surface area (Å²) >= 11 is 0. The van der Waals surface area contributed by atoms with Gasteiger partial charge in [0.05, 0.1) is 75.2 Å². The number of fused-ring (bicyclic) bond motifs is 3. The predicted molar refractivity (Wildman–Crippen MR) is 403 cm³/mol. The number of methoxy groups -OCH3 is 2. The van der Waals surface area contributed by atoms with Gasteiger partial charge in [-0.05, 0) is 103 Å². The van der Waals surface area contributed by atoms with Crippen molar-refractivity contribution in [2.45, 2.75) is 155 Å². The zero-order valence-electron chi connectivity index (χ0n) is 62.6. The molecule has 0 unspecified atom stereocenters. The van der Waals surface area contributed by atoms with Gasteiger partial charge in [0.1, 0.15) is 25.3 Å². The van der Waals surface area contributed by atoms with Crippen LogP contribution >= 0.6 is 0 Å². The third-order valence-corrected chi connectivity index (χ3v) is 28.7. The lowest BCUT2D eigenvalue weighted by molar-refractivity contribution is -0.128. The van der Waals surface area contributed by atoms with Crippen molar-refractivity contribution in [3.05, 3.63) is 162 Å². The van der Waals surface area contributed by atoms with Crippen molar-refractivity contribution in [2.24, 2.45) is 5.92 Å². The minimum absolute atomic E-state index is 0.0284. The number of anilines is 3. The maximum absolute atomic E-state index is 15.2. The molecule has 0 spiro atoms. The second kappa shape index (κ2) is 33.8. The Labute approximate surface area is 608 Å². The molecule has 3 aliphatic rings. The molecule has 4 N–H and O–H groups in total. The molecule has 0 bridgehead atoms. The fourth-order valence-electron chi connectivity index (χ4n) is 11.6. The Kier molecular flexibility index (Phi) is 26.0. The number of carbonyl (C=O) groups is 7. The molecule has 25 heteroatoms. The second-order valence-electron chi connectivity index (χ2n) is 29.7. The van der Waals surface area contributed by atoms with E-state index in [0.717, 1.165) is 33.4 Å². The molecule has 0 radical (unpaired) electrons. The minimum atomic E-state index is -2.25. The highest BCUT2D eigenvalue weighted by molar-refractivity contribution is 6.74. The van der Waals surface area contributed by atoms with Crippen LogP contribution in [0.25, 0.3) is 11.1 Å². The lowest BCUT2D eigenvalue weighted by Gasteiger charge is -2.38. The Bertz CT molecular complexity index is 3930. The van der Waals surface area contributed by atoms with Gasteiger partial charge < -0.3 is 67.8 Å².